The van der Waals surface area contributed by atoms with E-state index in [-0.39, 0.29) is 0 Å². The summed E-state index contributed by atoms with van der Waals surface area (Å²) in [6.07, 6.45) is 1.54. The van der Waals surface area contributed by atoms with Crippen LogP contribution in [-0.4, -0.2) is 16.6 Å². The Hall–Kier alpha value is -2.34. The topological polar surface area (TPSA) is 47.0 Å². The number of hydrogen-bond donors (Lipinski definition) is 1. The summed E-state index contributed by atoms with van der Waals surface area (Å²) in [6, 6.07) is 13.4. The lowest BCUT2D eigenvalue weighted by molar-refractivity contribution is 0.340. The number of para-hydroxylation sites is 1. The van der Waals surface area contributed by atoms with Crippen LogP contribution in [0.3, 0.4) is 0 Å². The molecule has 136 valence electrons. The Morgan fingerprint density at radius 1 is 1.04 bits per heavy atom. The van der Waals surface area contributed by atoms with Crippen LogP contribution < -0.4 is 10.1 Å². The van der Waals surface area contributed by atoms with E-state index in [0.29, 0.717) is 28.2 Å². The number of thiophene rings is 1. The molecule has 4 aromatic rings. The first kappa shape index (κ1) is 18.0. The molecule has 2 aromatic carbocycles. The SMILES string of the molecule is CCOc1ccc(-c2csc3ncnc(Nc4c(Cl)cccc4Cl)c23)cc1. The number of aromatic nitrogens is 2. The molecule has 0 saturated carbocycles. The molecule has 7 heteroatoms. The molecule has 0 radical (unpaired) electrons. The first-order valence-corrected chi connectivity index (χ1v) is 9.97. The number of nitrogens with zero attached hydrogens (tertiary/aromatic N) is 2. The van der Waals surface area contributed by atoms with E-state index in [0.717, 1.165) is 27.1 Å². The second kappa shape index (κ2) is 7.72. The fourth-order valence-electron chi connectivity index (χ4n) is 2.82. The van der Waals surface area contributed by atoms with Crippen molar-refractivity contribution in [3.63, 3.8) is 0 Å². The maximum atomic E-state index is 6.31. The van der Waals surface area contributed by atoms with Gasteiger partial charge in [0.25, 0.3) is 0 Å². The van der Waals surface area contributed by atoms with Gasteiger partial charge in [0, 0.05) is 10.9 Å². The van der Waals surface area contributed by atoms with Crippen molar-refractivity contribution >= 4 is 56.3 Å². The van der Waals surface area contributed by atoms with Crippen molar-refractivity contribution < 1.29 is 4.74 Å². The molecule has 0 aliphatic rings. The summed E-state index contributed by atoms with van der Waals surface area (Å²) in [5, 5.41) is 7.36. The summed E-state index contributed by atoms with van der Waals surface area (Å²) in [7, 11) is 0. The fourth-order valence-corrected chi connectivity index (χ4v) is 4.22. The van der Waals surface area contributed by atoms with Gasteiger partial charge in [0.1, 0.15) is 22.7 Å². The molecule has 0 unspecified atom stereocenters. The highest BCUT2D eigenvalue weighted by Crippen LogP contribution is 2.40. The minimum Gasteiger partial charge on any atom is -0.494 e. The Morgan fingerprint density at radius 2 is 1.78 bits per heavy atom. The van der Waals surface area contributed by atoms with Gasteiger partial charge in [0.15, 0.2) is 0 Å². The number of ether oxygens (including phenoxy) is 1. The Balaban J connectivity index is 1.80. The van der Waals surface area contributed by atoms with Crippen molar-refractivity contribution in [3.8, 4) is 16.9 Å². The van der Waals surface area contributed by atoms with Gasteiger partial charge in [0.05, 0.1) is 27.7 Å². The van der Waals surface area contributed by atoms with Gasteiger partial charge in [0.2, 0.25) is 0 Å². The quantitative estimate of drug-likeness (QED) is 0.388. The van der Waals surface area contributed by atoms with E-state index in [1.807, 2.05) is 31.2 Å². The van der Waals surface area contributed by atoms with E-state index < -0.39 is 0 Å². The first-order valence-electron chi connectivity index (χ1n) is 8.34. The average Bonchev–Trinajstić information content (AvgIpc) is 3.11. The van der Waals surface area contributed by atoms with Gasteiger partial charge in [-0.15, -0.1) is 11.3 Å². The number of fused-ring (bicyclic) bond motifs is 1. The molecule has 4 rings (SSSR count). The van der Waals surface area contributed by atoms with E-state index in [9.17, 15) is 0 Å². The van der Waals surface area contributed by atoms with Gasteiger partial charge >= 0.3 is 0 Å². The molecule has 2 aromatic heterocycles. The molecule has 2 heterocycles. The summed E-state index contributed by atoms with van der Waals surface area (Å²) in [4.78, 5) is 9.72. The second-order valence-corrected chi connectivity index (χ2v) is 7.40. The maximum absolute atomic E-state index is 6.31. The van der Waals surface area contributed by atoms with Crippen LogP contribution in [0.1, 0.15) is 6.92 Å². The summed E-state index contributed by atoms with van der Waals surface area (Å²) in [5.41, 5.74) is 2.74. The number of rotatable bonds is 5. The lowest BCUT2D eigenvalue weighted by Gasteiger charge is -2.11. The van der Waals surface area contributed by atoms with Crippen LogP contribution in [0, 0.1) is 0 Å². The predicted molar refractivity (Wildman–Crippen MR) is 114 cm³/mol. The zero-order valence-electron chi connectivity index (χ0n) is 14.4. The number of nitrogens with one attached hydrogen (secondary N) is 1. The van der Waals surface area contributed by atoms with Gasteiger partial charge in [-0.1, -0.05) is 41.4 Å². The molecule has 0 spiro atoms. The number of anilines is 2. The van der Waals surface area contributed by atoms with E-state index in [4.69, 9.17) is 27.9 Å². The molecular weight excluding hydrogens is 401 g/mol. The number of benzene rings is 2. The van der Waals surface area contributed by atoms with Crippen molar-refractivity contribution in [1.29, 1.82) is 0 Å². The van der Waals surface area contributed by atoms with Crippen LogP contribution in [0.15, 0.2) is 54.2 Å². The molecular formula is C20H15Cl2N3OS. The molecule has 0 fully saturated rings. The van der Waals surface area contributed by atoms with Gasteiger partial charge in [-0.2, -0.15) is 0 Å². The molecule has 4 nitrogen and oxygen atoms in total. The summed E-state index contributed by atoms with van der Waals surface area (Å²) >= 11 is 14.2. The van der Waals surface area contributed by atoms with Crippen LogP contribution in [0.2, 0.25) is 10.0 Å². The van der Waals surface area contributed by atoms with Gasteiger partial charge in [-0.05, 0) is 36.8 Å². The summed E-state index contributed by atoms with van der Waals surface area (Å²) in [6.45, 7) is 2.61. The van der Waals surface area contributed by atoms with Crippen LogP contribution in [0.4, 0.5) is 11.5 Å². The Kier molecular flexibility index (Phi) is 5.16. The third-order valence-electron chi connectivity index (χ3n) is 4.05. The molecule has 0 aliphatic carbocycles. The number of halogens is 2. The minimum absolute atomic E-state index is 0.534. The highest BCUT2D eigenvalue weighted by atomic mass is 35.5. The molecule has 0 atom stereocenters. The highest BCUT2D eigenvalue weighted by Gasteiger charge is 2.15. The van der Waals surface area contributed by atoms with Crippen LogP contribution in [0.5, 0.6) is 5.75 Å². The van der Waals surface area contributed by atoms with Gasteiger partial charge in [-0.3, -0.25) is 0 Å². The van der Waals surface area contributed by atoms with Gasteiger partial charge in [-0.25, -0.2) is 9.97 Å². The van der Waals surface area contributed by atoms with Crippen LogP contribution in [-0.2, 0) is 0 Å². The average molecular weight is 416 g/mol. The maximum Gasteiger partial charge on any atom is 0.143 e. The molecule has 1 N–H and O–H groups in total. The molecule has 0 aliphatic heterocycles. The van der Waals surface area contributed by atoms with Crippen LogP contribution >= 0.6 is 34.5 Å². The van der Waals surface area contributed by atoms with Gasteiger partial charge < -0.3 is 10.1 Å². The zero-order chi connectivity index (χ0) is 18.8. The summed E-state index contributed by atoms with van der Waals surface area (Å²) in [5.74, 6) is 1.51. The summed E-state index contributed by atoms with van der Waals surface area (Å²) < 4.78 is 5.53. The van der Waals surface area contributed by atoms with E-state index in [1.165, 1.54) is 6.33 Å². The lowest BCUT2D eigenvalue weighted by Crippen LogP contribution is -1.97. The molecule has 0 amide bonds. The van der Waals surface area contributed by atoms with Crippen molar-refractivity contribution in [2.45, 2.75) is 6.92 Å². The van der Waals surface area contributed by atoms with E-state index >= 15 is 0 Å². The second-order valence-electron chi connectivity index (χ2n) is 5.73. The Bertz CT molecular complexity index is 1080. The third kappa shape index (κ3) is 3.58. The smallest absolute Gasteiger partial charge is 0.143 e. The molecule has 27 heavy (non-hydrogen) atoms. The van der Waals surface area contributed by atoms with Crippen molar-refractivity contribution in [1.82, 2.24) is 9.97 Å². The normalized spacial score (nSPS) is 10.9. The van der Waals surface area contributed by atoms with E-state index in [1.54, 1.807) is 29.5 Å². The zero-order valence-corrected chi connectivity index (χ0v) is 16.7. The predicted octanol–water partition coefficient (Wildman–Crippen LogP) is 6.81. The third-order valence-corrected chi connectivity index (χ3v) is 5.57. The monoisotopic (exact) mass is 415 g/mol. The standard InChI is InChI=1S/C20H15Cl2N3OS/c1-2-26-13-8-6-12(7-9-13)14-10-27-20-17(14)19(23-11-24-20)25-18-15(21)4-3-5-16(18)22/h3-11H,2H2,1H3,(H,23,24,25). The Morgan fingerprint density at radius 3 is 2.48 bits per heavy atom. The van der Waals surface area contributed by atoms with Crippen molar-refractivity contribution in [2.24, 2.45) is 0 Å². The van der Waals surface area contributed by atoms with E-state index in [2.05, 4.69) is 20.7 Å². The largest absolute Gasteiger partial charge is 0.494 e. The van der Waals surface area contributed by atoms with Crippen molar-refractivity contribution in [3.05, 3.63) is 64.2 Å². The first-order chi connectivity index (χ1) is 13.2. The molecule has 0 bridgehead atoms. The fraction of sp³-hybridized carbons (Fsp3) is 0.100. The lowest BCUT2D eigenvalue weighted by atomic mass is 10.1. The van der Waals surface area contributed by atoms with Crippen LogP contribution in [0.25, 0.3) is 21.3 Å². The number of hydrogen-bond acceptors (Lipinski definition) is 5. The van der Waals surface area contributed by atoms with Crippen molar-refractivity contribution in [2.75, 3.05) is 11.9 Å². The minimum atomic E-state index is 0.534. The molecule has 0 saturated heterocycles. The highest BCUT2D eigenvalue weighted by molar-refractivity contribution is 7.17. The Labute approximate surface area is 170 Å².